The van der Waals surface area contributed by atoms with Gasteiger partial charge in [0.15, 0.2) is 5.78 Å². The summed E-state index contributed by atoms with van der Waals surface area (Å²) in [6.45, 7) is 1.40. The van der Waals surface area contributed by atoms with Crippen LogP contribution < -0.4 is 0 Å². The first kappa shape index (κ1) is 17.8. The van der Waals surface area contributed by atoms with Crippen LogP contribution in [0.4, 0.5) is 5.69 Å². The predicted molar refractivity (Wildman–Crippen MR) is 101 cm³/mol. The van der Waals surface area contributed by atoms with Crippen molar-refractivity contribution in [3.63, 3.8) is 0 Å². The fourth-order valence-electron chi connectivity index (χ4n) is 5.93. The molecular weight excluding hydrogens is 378 g/mol. The van der Waals surface area contributed by atoms with E-state index in [-0.39, 0.29) is 16.9 Å². The second kappa shape index (κ2) is 6.40. The van der Waals surface area contributed by atoms with Crippen LogP contribution in [0.15, 0.2) is 32.7 Å². The summed E-state index contributed by atoms with van der Waals surface area (Å²) in [6.07, 6.45) is 7.46. The van der Waals surface area contributed by atoms with Crippen LogP contribution in [-0.2, 0) is 5.41 Å². The number of nitro benzene ring substituents is 1. The van der Waals surface area contributed by atoms with Crippen molar-refractivity contribution in [3.05, 3.63) is 39.8 Å². The van der Waals surface area contributed by atoms with Crippen molar-refractivity contribution in [2.45, 2.75) is 61.0 Å². The van der Waals surface area contributed by atoms with Crippen molar-refractivity contribution in [2.75, 3.05) is 0 Å². The molecule has 1 heterocycles. The van der Waals surface area contributed by atoms with Crippen LogP contribution in [0.25, 0.3) is 0 Å². The van der Waals surface area contributed by atoms with Crippen molar-refractivity contribution in [1.29, 1.82) is 0 Å². The molecule has 0 atom stereocenters. The van der Waals surface area contributed by atoms with E-state index in [0.29, 0.717) is 15.7 Å². The maximum Gasteiger partial charge on any atom is 0.281 e. The van der Waals surface area contributed by atoms with Crippen molar-refractivity contribution in [3.8, 4) is 0 Å². The molecule has 146 valence electrons. The largest absolute Gasteiger partial charge is 0.415 e. The third-order valence-electron chi connectivity index (χ3n) is 6.65. The lowest BCUT2D eigenvalue weighted by atomic mass is 9.49. The molecule has 0 spiro atoms. The van der Waals surface area contributed by atoms with Gasteiger partial charge in [-0.3, -0.25) is 14.9 Å². The van der Waals surface area contributed by atoms with Crippen LogP contribution in [0.5, 0.6) is 0 Å². The van der Waals surface area contributed by atoms with Crippen LogP contribution in [-0.4, -0.2) is 20.9 Å². The van der Waals surface area contributed by atoms with Crippen LogP contribution in [0, 0.1) is 27.9 Å². The van der Waals surface area contributed by atoms with Gasteiger partial charge in [-0.25, -0.2) is 0 Å². The highest BCUT2D eigenvalue weighted by Gasteiger charge is 2.54. The minimum absolute atomic E-state index is 0.0272. The Morgan fingerprint density at radius 2 is 1.82 bits per heavy atom. The zero-order valence-corrected chi connectivity index (χ0v) is 16.4. The Balaban J connectivity index is 1.42. The molecule has 2 aromatic rings. The fraction of sp³-hybridized carbons (Fsp3) is 0.550. The monoisotopic (exact) mass is 399 g/mol. The first-order chi connectivity index (χ1) is 13.4. The van der Waals surface area contributed by atoms with Gasteiger partial charge in [-0.05, 0) is 81.0 Å². The van der Waals surface area contributed by atoms with Gasteiger partial charge >= 0.3 is 0 Å². The molecule has 4 aliphatic rings. The number of nitrogens with zero attached hydrogens (tertiary/aromatic N) is 3. The second-order valence-electron chi connectivity index (χ2n) is 8.67. The number of ketones is 1. The Morgan fingerprint density at radius 3 is 2.39 bits per heavy atom. The number of benzene rings is 1. The summed E-state index contributed by atoms with van der Waals surface area (Å²) in [6, 6.07) is 4.28. The average molecular weight is 399 g/mol. The van der Waals surface area contributed by atoms with Crippen LogP contribution in [0.1, 0.15) is 61.7 Å². The molecule has 0 amide bonds. The third-order valence-corrected chi connectivity index (χ3v) is 7.56. The number of hydrogen-bond acceptors (Lipinski definition) is 7. The molecule has 4 bridgehead atoms. The predicted octanol–water partition coefficient (Wildman–Crippen LogP) is 4.80. The van der Waals surface area contributed by atoms with E-state index in [9.17, 15) is 14.9 Å². The molecule has 0 N–H and O–H groups in total. The molecule has 4 aliphatic carbocycles. The minimum Gasteiger partial charge on any atom is -0.415 e. The molecule has 4 saturated carbocycles. The quantitative estimate of drug-likeness (QED) is 0.404. The number of Topliss-reactive ketones (excluding diaryl/α,β-unsaturated/α-hetero) is 1. The highest BCUT2D eigenvalue weighted by Crippen LogP contribution is 2.60. The summed E-state index contributed by atoms with van der Waals surface area (Å²) in [5.41, 5.74) is 0.225. The summed E-state index contributed by atoms with van der Waals surface area (Å²) in [5.74, 6) is 2.86. The van der Waals surface area contributed by atoms with Crippen molar-refractivity contribution < 1.29 is 14.1 Å². The van der Waals surface area contributed by atoms with Gasteiger partial charge in [0.2, 0.25) is 5.89 Å². The molecule has 1 aromatic carbocycles. The molecular formula is C20H21N3O4S. The Morgan fingerprint density at radius 1 is 1.18 bits per heavy atom. The zero-order valence-electron chi connectivity index (χ0n) is 15.6. The minimum atomic E-state index is -0.501. The molecule has 4 fully saturated rings. The van der Waals surface area contributed by atoms with Crippen LogP contribution in [0.2, 0.25) is 0 Å². The number of nitro groups is 1. The summed E-state index contributed by atoms with van der Waals surface area (Å²) in [4.78, 5) is 23.1. The number of carbonyl (C=O) groups is 1. The van der Waals surface area contributed by atoms with Gasteiger partial charge in [0.25, 0.3) is 10.9 Å². The second-order valence-corrected chi connectivity index (χ2v) is 9.66. The molecule has 7 nitrogen and oxygen atoms in total. The Hall–Kier alpha value is -2.22. The number of rotatable bonds is 5. The summed E-state index contributed by atoms with van der Waals surface area (Å²) in [7, 11) is 0. The van der Waals surface area contributed by atoms with Gasteiger partial charge in [0.1, 0.15) is 0 Å². The molecule has 6 rings (SSSR count). The summed E-state index contributed by atoms with van der Waals surface area (Å²) < 4.78 is 6.08. The zero-order chi connectivity index (χ0) is 19.5. The average Bonchev–Trinajstić information content (AvgIpc) is 3.10. The molecule has 8 heteroatoms. The van der Waals surface area contributed by atoms with Crippen molar-refractivity contribution >= 4 is 23.2 Å². The molecule has 0 aliphatic heterocycles. The fourth-order valence-corrected chi connectivity index (χ4v) is 6.77. The van der Waals surface area contributed by atoms with E-state index < -0.39 is 4.92 Å². The third kappa shape index (κ3) is 2.94. The van der Waals surface area contributed by atoms with E-state index in [0.717, 1.165) is 42.9 Å². The first-order valence-corrected chi connectivity index (χ1v) is 10.5. The van der Waals surface area contributed by atoms with Gasteiger partial charge in [-0.2, -0.15) is 0 Å². The number of hydrogen-bond donors (Lipinski definition) is 0. The van der Waals surface area contributed by atoms with Crippen LogP contribution in [0.3, 0.4) is 0 Å². The van der Waals surface area contributed by atoms with Gasteiger partial charge in [0.05, 0.1) is 4.92 Å². The van der Waals surface area contributed by atoms with Gasteiger partial charge < -0.3 is 4.42 Å². The Labute approximate surface area is 166 Å². The lowest BCUT2D eigenvalue weighted by molar-refractivity contribution is -0.384. The van der Waals surface area contributed by atoms with E-state index in [1.165, 1.54) is 50.1 Å². The number of non-ortho nitro benzene ring substituents is 1. The van der Waals surface area contributed by atoms with Crippen LogP contribution >= 0.6 is 11.8 Å². The highest BCUT2D eigenvalue weighted by molar-refractivity contribution is 7.99. The topological polar surface area (TPSA) is 99.1 Å². The first-order valence-electron chi connectivity index (χ1n) is 9.73. The lowest BCUT2D eigenvalue weighted by Crippen LogP contribution is -2.48. The van der Waals surface area contributed by atoms with E-state index >= 15 is 0 Å². The van der Waals surface area contributed by atoms with E-state index in [1.807, 2.05) is 0 Å². The molecule has 0 saturated heterocycles. The van der Waals surface area contributed by atoms with Gasteiger partial charge in [-0.15, -0.1) is 10.2 Å². The van der Waals surface area contributed by atoms with Gasteiger partial charge in [-0.1, -0.05) is 0 Å². The Kier molecular flexibility index (Phi) is 4.08. The van der Waals surface area contributed by atoms with Gasteiger partial charge in [0, 0.05) is 28.0 Å². The number of carbonyl (C=O) groups excluding carboxylic acids is 1. The van der Waals surface area contributed by atoms with E-state index in [4.69, 9.17) is 4.42 Å². The lowest BCUT2D eigenvalue weighted by Gasteiger charge is -2.55. The molecule has 0 unspecified atom stereocenters. The smallest absolute Gasteiger partial charge is 0.281 e. The van der Waals surface area contributed by atoms with E-state index in [1.54, 1.807) is 6.07 Å². The number of aromatic nitrogens is 2. The highest BCUT2D eigenvalue weighted by atomic mass is 32.2. The van der Waals surface area contributed by atoms with E-state index in [2.05, 4.69) is 10.2 Å². The molecule has 1 aromatic heterocycles. The normalized spacial score (nSPS) is 30.5. The summed E-state index contributed by atoms with van der Waals surface area (Å²) in [5, 5.41) is 20.0. The standard InChI is InChI=1S/C20H21N3O4S/c1-11(24)16-7-15(23(25)26)2-3-17(16)28-19-22-21-18(27-19)20-8-12-4-13(9-20)6-14(5-12)10-20/h2-3,7,12-14H,4-6,8-10H2,1H3. The summed E-state index contributed by atoms with van der Waals surface area (Å²) >= 11 is 1.20. The SMILES string of the molecule is CC(=O)c1cc([N+](=O)[O-])ccc1Sc1nnc(C23CC4CC(CC(C4)C2)C3)o1. The van der Waals surface area contributed by atoms with Crippen molar-refractivity contribution in [2.24, 2.45) is 17.8 Å². The van der Waals surface area contributed by atoms with Crippen molar-refractivity contribution in [1.82, 2.24) is 10.2 Å². The molecule has 0 radical (unpaired) electrons. The maximum absolute atomic E-state index is 12.0. The molecule has 28 heavy (non-hydrogen) atoms. The maximum atomic E-state index is 12.0. The Bertz CT molecular complexity index is 935.